The Morgan fingerprint density at radius 2 is 1.32 bits per heavy atom. The van der Waals surface area contributed by atoms with Crippen molar-refractivity contribution in [1.29, 1.82) is 0 Å². The van der Waals surface area contributed by atoms with E-state index in [1.165, 1.54) is 89.0 Å². The zero-order valence-electron chi connectivity index (χ0n) is 18.6. The molecule has 1 aliphatic heterocycles. The lowest BCUT2D eigenvalue weighted by molar-refractivity contribution is 0.136. The normalized spacial score (nSPS) is 20.8. The summed E-state index contributed by atoms with van der Waals surface area (Å²) in [5, 5.41) is 10.5. The van der Waals surface area contributed by atoms with Gasteiger partial charge in [0.25, 0.3) is 0 Å². The second-order valence-corrected chi connectivity index (χ2v) is 8.95. The summed E-state index contributed by atoms with van der Waals surface area (Å²) in [6.07, 6.45) is 18.8. The molecule has 2 rings (SSSR count). The maximum atomic E-state index is 10.5. The smallest absolute Gasteiger partial charge is 0.0708 e. The largest absolute Gasteiger partial charge is 0.391 e. The van der Waals surface area contributed by atoms with Crippen LogP contribution in [0.15, 0.2) is 30.3 Å². The Hall–Kier alpha value is -0.860. The molecule has 2 nitrogen and oxygen atoms in total. The zero-order chi connectivity index (χ0) is 20.0. The van der Waals surface area contributed by atoms with Crippen LogP contribution in [0, 0.1) is 0 Å². The average molecular weight is 388 g/mol. The Labute approximate surface area is 174 Å². The van der Waals surface area contributed by atoms with Crippen LogP contribution in [0.5, 0.6) is 0 Å². The molecule has 28 heavy (non-hydrogen) atoms. The SMILES string of the molecule is CCCCCCCCCCCCCCC[C@H](O)[C@@H]1CN1[C@H](C)c1ccccc1. The number of hydrogen-bond donors (Lipinski definition) is 1. The highest BCUT2D eigenvalue weighted by atomic mass is 16.3. The second kappa shape index (κ2) is 14.2. The molecule has 1 heterocycles. The average Bonchev–Trinajstić information content (AvgIpc) is 3.52. The molecular weight excluding hydrogens is 342 g/mol. The summed E-state index contributed by atoms with van der Waals surface area (Å²) in [5.41, 5.74) is 1.36. The van der Waals surface area contributed by atoms with Crippen LogP contribution in [0.4, 0.5) is 0 Å². The molecule has 0 aromatic heterocycles. The van der Waals surface area contributed by atoms with Gasteiger partial charge in [-0.15, -0.1) is 0 Å². The Balaban J connectivity index is 1.39. The van der Waals surface area contributed by atoms with Crippen molar-refractivity contribution in [3.05, 3.63) is 35.9 Å². The molecule has 160 valence electrons. The quantitative estimate of drug-likeness (QED) is 0.224. The van der Waals surface area contributed by atoms with Crippen LogP contribution in [-0.4, -0.2) is 28.7 Å². The van der Waals surface area contributed by atoms with Crippen LogP contribution in [0.1, 0.15) is 115 Å². The van der Waals surface area contributed by atoms with Gasteiger partial charge in [0.1, 0.15) is 0 Å². The van der Waals surface area contributed by atoms with Crippen molar-refractivity contribution in [2.24, 2.45) is 0 Å². The van der Waals surface area contributed by atoms with Crippen molar-refractivity contribution in [3.63, 3.8) is 0 Å². The molecule has 0 bridgehead atoms. The van der Waals surface area contributed by atoms with E-state index >= 15 is 0 Å². The van der Waals surface area contributed by atoms with Crippen molar-refractivity contribution < 1.29 is 5.11 Å². The van der Waals surface area contributed by atoms with Gasteiger partial charge in [0, 0.05) is 18.6 Å². The predicted molar refractivity (Wildman–Crippen MR) is 122 cm³/mol. The summed E-state index contributed by atoms with van der Waals surface area (Å²) in [7, 11) is 0. The van der Waals surface area contributed by atoms with Crippen molar-refractivity contribution in [3.8, 4) is 0 Å². The highest BCUT2D eigenvalue weighted by Crippen LogP contribution is 2.34. The predicted octanol–water partition coefficient (Wildman–Crippen LogP) is 7.27. The van der Waals surface area contributed by atoms with Gasteiger partial charge < -0.3 is 5.11 Å². The molecule has 0 aliphatic carbocycles. The fraction of sp³-hybridized carbons (Fsp3) is 0.769. The lowest BCUT2D eigenvalue weighted by Crippen LogP contribution is -2.20. The first-order chi connectivity index (χ1) is 13.7. The van der Waals surface area contributed by atoms with Crippen molar-refractivity contribution in [2.45, 2.75) is 122 Å². The third-order valence-electron chi connectivity index (χ3n) is 6.52. The Morgan fingerprint density at radius 3 is 1.86 bits per heavy atom. The maximum Gasteiger partial charge on any atom is 0.0708 e. The number of aliphatic hydroxyl groups excluding tert-OH is 1. The fourth-order valence-electron chi connectivity index (χ4n) is 4.44. The van der Waals surface area contributed by atoms with E-state index in [-0.39, 0.29) is 6.10 Å². The molecule has 0 spiro atoms. The number of aliphatic hydroxyl groups is 1. The van der Waals surface area contributed by atoms with Gasteiger partial charge in [-0.05, 0) is 18.9 Å². The van der Waals surface area contributed by atoms with E-state index in [1.54, 1.807) is 0 Å². The van der Waals surface area contributed by atoms with E-state index in [0.717, 1.165) is 13.0 Å². The highest BCUT2D eigenvalue weighted by Gasteiger charge is 2.42. The summed E-state index contributed by atoms with van der Waals surface area (Å²) in [4.78, 5) is 2.43. The summed E-state index contributed by atoms with van der Waals surface area (Å²) in [5.74, 6) is 0. The molecule has 1 unspecified atom stereocenters. The first-order valence-electron chi connectivity index (χ1n) is 12.2. The van der Waals surface area contributed by atoms with Gasteiger partial charge in [-0.3, -0.25) is 4.90 Å². The molecule has 1 aromatic rings. The minimum Gasteiger partial charge on any atom is -0.391 e. The van der Waals surface area contributed by atoms with Crippen molar-refractivity contribution >= 4 is 0 Å². The van der Waals surface area contributed by atoms with Crippen LogP contribution in [0.25, 0.3) is 0 Å². The topological polar surface area (TPSA) is 23.2 Å². The minimum absolute atomic E-state index is 0.140. The Morgan fingerprint density at radius 1 is 0.821 bits per heavy atom. The summed E-state index contributed by atoms with van der Waals surface area (Å²) < 4.78 is 0. The molecule has 0 saturated carbocycles. The van der Waals surface area contributed by atoms with Gasteiger partial charge in [0.15, 0.2) is 0 Å². The van der Waals surface area contributed by atoms with Gasteiger partial charge >= 0.3 is 0 Å². The van der Waals surface area contributed by atoms with Crippen LogP contribution < -0.4 is 0 Å². The highest BCUT2D eigenvalue weighted by molar-refractivity contribution is 5.20. The van der Waals surface area contributed by atoms with Crippen LogP contribution >= 0.6 is 0 Å². The molecule has 1 aliphatic rings. The monoisotopic (exact) mass is 387 g/mol. The van der Waals surface area contributed by atoms with E-state index in [0.29, 0.717) is 12.1 Å². The van der Waals surface area contributed by atoms with Gasteiger partial charge in [-0.25, -0.2) is 0 Å². The molecule has 1 N–H and O–H groups in total. The fourth-order valence-corrected chi connectivity index (χ4v) is 4.44. The lowest BCUT2D eigenvalue weighted by Gasteiger charge is -2.17. The van der Waals surface area contributed by atoms with Gasteiger partial charge in [-0.1, -0.05) is 121 Å². The first kappa shape index (κ1) is 23.4. The van der Waals surface area contributed by atoms with Crippen molar-refractivity contribution in [2.75, 3.05) is 6.54 Å². The van der Waals surface area contributed by atoms with Gasteiger partial charge in [0.2, 0.25) is 0 Å². The van der Waals surface area contributed by atoms with E-state index in [1.807, 2.05) is 0 Å². The van der Waals surface area contributed by atoms with Crippen LogP contribution in [0.3, 0.4) is 0 Å². The Bertz CT molecular complexity index is 488. The number of rotatable bonds is 17. The molecule has 1 aromatic carbocycles. The number of hydrogen-bond acceptors (Lipinski definition) is 2. The Kier molecular flexibility index (Phi) is 11.9. The molecular formula is C26H45NO. The lowest BCUT2D eigenvalue weighted by atomic mass is 10.0. The number of nitrogens with zero attached hydrogens (tertiary/aromatic N) is 1. The van der Waals surface area contributed by atoms with E-state index in [9.17, 15) is 5.11 Å². The number of benzene rings is 1. The van der Waals surface area contributed by atoms with Crippen LogP contribution in [0.2, 0.25) is 0 Å². The molecule has 4 atom stereocenters. The second-order valence-electron chi connectivity index (χ2n) is 8.95. The van der Waals surface area contributed by atoms with Crippen LogP contribution in [-0.2, 0) is 0 Å². The van der Waals surface area contributed by atoms with E-state index in [4.69, 9.17) is 0 Å². The number of unbranched alkanes of at least 4 members (excludes halogenated alkanes) is 12. The summed E-state index contributed by atoms with van der Waals surface area (Å²) in [6.45, 7) is 5.59. The standard InChI is InChI=1S/C26H45NO/c1-3-4-5-6-7-8-9-10-11-12-13-14-18-21-26(28)25-22-27(25)23(2)24-19-16-15-17-20-24/h15-17,19-20,23,25-26,28H,3-14,18,21-22H2,1-2H3/t23-,25+,26+,27?/m1/s1. The van der Waals surface area contributed by atoms with Gasteiger partial charge in [0.05, 0.1) is 6.10 Å². The maximum absolute atomic E-state index is 10.5. The first-order valence-corrected chi connectivity index (χ1v) is 12.2. The van der Waals surface area contributed by atoms with Crippen molar-refractivity contribution in [1.82, 2.24) is 4.90 Å². The summed E-state index contributed by atoms with van der Waals surface area (Å²) in [6, 6.07) is 11.5. The third-order valence-corrected chi connectivity index (χ3v) is 6.52. The van der Waals surface area contributed by atoms with E-state index in [2.05, 4.69) is 49.1 Å². The minimum atomic E-state index is -0.140. The molecule has 0 radical (unpaired) electrons. The molecule has 1 saturated heterocycles. The third kappa shape index (κ3) is 9.09. The molecule has 0 amide bonds. The summed E-state index contributed by atoms with van der Waals surface area (Å²) >= 11 is 0. The van der Waals surface area contributed by atoms with Gasteiger partial charge in [-0.2, -0.15) is 0 Å². The van der Waals surface area contributed by atoms with E-state index < -0.39 is 0 Å². The zero-order valence-corrected chi connectivity index (χ0v) is 18.6. The molecule has 2 heteroatoms. The molecule has 1 fully saturated rings.